The number of carbonyl (C=O) groups is 2. The predicted octanol–water partition coefficient (Wildman–Crippen LogP) is 1.80. The minimum absolute atomic E-state index is 0.0333. The first-order valence-corrected chi connectivity index (χ1v) is 9.28. The van der Waals surface area contributed by atoms with E-state index in [1.165, 1.54) is 0 Å². The predicted molar refractivity (Wildman–Crippen MR) is 91.0 cm³/mol. The van der Waals surface area contributed by atoms with Gasteiger partial charge in [-0.1, -0.05) is 0 Å². The first-order valence-electron chi connectivity index (χ1n) is 7.97. The number of hydrogen-bond donors (Lipinski definition) is 0. The summed E-state index contributed by atoms with van der Waals surface area (Å²) >= 11 is 0. The molecule has 2 aliphatic rings. The fourth-order valence-corrected chi connectivity index (χ4v) is 4.38. The van der Waals surface area contributed by atoms with Gasteiger partial charge in [0, 0.05) is 53.9 Å². The summed E-state index contributed by atoms with van der Waals surface area (Å²) in [6.45, 7) is 5.65. The van der Waals surface area contributed by atoms with Crippen molar-refractivity contribution in [1.82, 2.24) is 4.90 Å². The van der Waals surface area contributed by atoms with Crippen molar-refractivity contribution in [1.29, 1.82) is 0 Å². The highest BCUT2D eigenvalue weighted by Crippen LogP contribution is 2.24. The monoisotopic (exact) mass is 334 g/mol. The molecule has 23 heavy (non-hydrogen) atoms. The van der Waals surface area contributed by atoms with Crippen molar-refractivity contribution < 1.29 is 13.8 Å². The molecule has 0 bridgehead atoms. The molecular weight excluding hydrogens is 312 g/mol. The molecule has 0 aliphatic carbocycles. The molecule has 2 aliphatic heterocycles. The van der Waals surface area contributed by atoms with Crippen LogP contribution in [0.3, 0.4) is 0 Å². The van der Waals surface area contributed by atoms with Gasteiger partial charge >= 0.3 is 0 Å². The van der Waals surface area contributed by atoms with Gasteiger partial charge in [-0.25, -0.2) is 0 Å². The molecule has 124 valence electrons. The number of carbonyl (C=O) groups excluding carboxylic acids is 2. The summed E-state index contributed by atoms with van der Waals surface area (Å²) in [6, 6.07) is 7.23. The van der Waals surface area contributed by atoms with Crippen LogP contribution in [0.2, 0.25) is 0 Å². The highest BCUT2D eigenvalue weighted by molar-refractivity contribution is 7.86. The van der Waals surface area contributed by atoms with Gasteiger partial charge in [-0.2, -0.15) is 0 Å². The van der Waals surface area contributed by atoms with Crippen molar-refractivity contribution in [3.05, 3.63) is 29.8 Å². The summed E-state index contributed by atoms with van der Waals surface area (Å²) in [4.78, 5) is 27.9. The number of nitrogens with zero attached hydrogens (tertiary/aromatic N) is 2. The first kappa shape index (κ1) is 16.2. The van der Waals surface area contributed by atoms with Gasteiger partial charge in [0.15, 0.2) is 0 Å². The van der Waals surface area contributed by atoms with E-state index >= 15 is 0 Å². The summed E-state index contributed by atoms with van der Waals surface area (Å²) in [5.41, 5.74) is 1.47. The Labute approximate surface area is 139 Å². The van der Waals surface area contributed by atoms with E-state index in [1.54, 1.807) is 21.9 Å². The Morgan fingerprint density at radius 1 is 1.17 bits per heavy atom. The molecule has 1 aromatic carbocycles. The Morgan fingerprint density at radius 3 is 2.43 bits per heavy atom. The third kappa shape index (κ3) is 3.17. The molecule has 2 heterocycles. The first-order chi connectivity index (χ1) is 10.9. The number of hydrogen-bond acceptors (Lipinski definition) is 3. The Hall–Kier alpha value is -1.69. The minimum Gasteiger partial charge on any atom is -0.336 e. The van der Waals surface area contributed by atoms with Crippen molar-refractivity contribution in [2.75, 3.05) is 30.3 Å². The van der Waals surface area contributed by atoms with E-state index in [-0.39, 0.29) is 16.6 Å². The molecule has 0 N–H and O–H groups in total. The molecule has 5 nitrogen and oxygen atoms in total. The lowest BCUT2D eigenvalue weighted by Gasteiger charge is -2.37. The van der Waals surface area contributed by atoms with Crippen LogP contribution in [0.4, 0.5) is 5.69 Å². The van der Waals surface area contributed by atoms with Crippen LogP contribution in [0.5, 0.6) is 0 Å². The molecule has 0 saturated carbocycles. The molecule has 1 aromatic rings. The molecule has 2 amide bonds. The number of benzene rings is 1. The SMILES string of the molecule is CC1(C)CN(C(=O)c2ccc(N3CCCC3=O)cc2)CCS1=O. The second-order valence-electron chi connectivity index (χ2n) is 6.73. The standard InChI is InChI=1S/C17H22N2O3S/c1-17(2)12-18(10-11-23(17)22)16(21)13-5-7-14(8-6-13)19-9-3-4-15(19)20/h5-8H,3-4,9-12H2,1-2H3. The largest absolute Gasteiger partial charge is 0.336 e. The van der Waals surface area contributed by atoms with E-state index in [0.717, 1.165) is 18.7 Å². The molecule has 3 rings (SSSR count). The second-order valence-corrected chi connectivity index (χ2v) is 8.94. The van der Waals surface area contributed by atoms with E-state index < -0.39 is 10.8 Å². The van der Waals surface area contributed by atoms with Crippen LogP contribution in [0.1, 0.15) is 37.0 Å². The van der Waals surface area contributed by atoms with Gasteiger partial charge in [-0.15, -0.1) is 0 Å². The van der Waals surface area contributed by atoms with Crippen molar-refractivity contribution in [2.24, 2.45) is 0 Å². The molecule has 0 spiro atoms. The van der Waals surface area contributed by atoms with Crippen molar-refractivity contribution in [3.63, 3.8) is 0 Å². The molecular formula is C17H22N2O3S. The highest BCUT2D eigenvalue weighted by Gasteiger charge is 2.35. The third-order valence-corrected chi connectivity index (χ3v) is 6.44. The van der Waals surface area contributed by atoms with Gasteiger partial charge in [0.2, 0.25) is 5.91 Å². The lowest BCUT2D eigenvalue weighted by Crippen LogP contribution is -2.52. The van der Waals surface area contributed by atoms with Crippen molar-refractivity contribution in [3.8, 4) is 0 Å². The minimum atomic E-state index is -0.892. The van der Waals surface area contributed by atoms with Crippen LogP contribution in [-0.4, -0.2) is 51.1 Å². The molecule has 0 radical (unpaired) electrons. The third-order valence-electron chi connectivity index (χ3n) is 4.52. The maximum atomic E-state index is 12.6. The Morgan fingerprint density at radius 2 is 1.87 bits per heavy atom. The van der Waals surface area contributed by atoms with E-state index in [4.69, 9.17) is 0 Å². The Bertz CT molecular complexity index is 654. The second kappa shape index (κ2) is 6.07. The van der Waals surface area contributed by atoms with Gasteiger partial charge in [-0.3, -0.25) is 13.8 Å². The van der Waals surface area contributed by atoms with Gasteiger partial charge in [-0.05, 0) is 44.5 Å². The molecule has 2 saturated heterocycles. The van der Waals surface area contributed by atoms with Crippen LogP contribution < -0.4 is 4.90 Å². The van der Waals surface area contributed by atoms with Crippen LogP contribution in [0.25, 0.3) is 0 Å². The van der Waals surface area contributed by atoms with E-state index in [2.05, 4.69) is 0 Å². The van der Waals surface area contributed by atoms with Gasteiger partial charge in [0.1, 0.15) is 0 Å². The molecule has 1 atom stereocenters. The summed E-state index contributed by atoms with van der Waals surface area (Å²) in [5.74, 6) is 0.637. The summed E-state index contributed by atoms with van der Waals surface area (Å²) < 4.78 is 11.6. The zero-order chi connectivity index (χ0) is 16.6. The van der Waals surface area contributed by atoms with Crippen LogP contribution in [0.15, 0.2) is 24.3 Å². The van der Waals surface area contributed by atoms with Gasteiger partial charge in [0.05, 0.1) is 4.75 Å². The lowest BCUT2D eigenvalue weighted by molar-refractivity contribution is -0.117. The molecule has 2 fully saturated rings. The van der Waals surface area contributed by atoms with Crippen LogP contribution in [0, 0.1) is 0 Å². The van der Waals surface area contributed by atoms with Crippen molar-refractivity contribution in [2.45, 2.75) is 31.4 Å². The molecule has 6 heteroatoms. The summed E-state index contributed by atoms with van der Waals surface area (Å²) in [7, 11) is -0.892. The summed E-state index contributed by atoms with van der Waals surface area (Å²) in [6.07, 6.45) is 1.49. The number of anilines is 1. The quantitative estimate of drug-likeness (QED) is 0.829. The maximum absolute atomic E-state index is 12.6. The topological polar surface area (TPSA) is 57.7 Å². The average molecular weight is 334 g/mol. The van der Waals surface area contributed by atoms with Crippen LogP contribution in [-0.2, 0) is 15.6 Å². The number of rotatable bonds is 2. The molecule has 0 aromatic heterocycles. The highest BCUT2D eigenvalue weighted by atomic mass is 32.2. The maximum Gasteiger partial charge on any atom is 0.253 e. The van der Waals surface area contributed by atoms with E-state index in [1.807, 2.05) is 26.0 Å². The molecule has 1 unspecified atom stereocenters. The number of amides is 2. The van der Waals surface area contributed by atoms with Crippen LogP contribution >= 0.6 is 0 Å². The van der Waals surface area contributed by atoms with E-state index in [0.29, 0.717) is 30.8 Å². The Balaban J connectivity index is 1.73. The lowest BCUT2D eigenvalue weighted by atomic mass is 10.1. The van der Waals surface area contributed by atoms with Gasteiger partial charge < -0.3 is 9.80 Å². The smallest absolute Gasteiger partial charge is 0.253 e. The zero-order valence-electron chi connectivity index (χ0n) is 13.6. The zero-order valence-corrected chi connectivity index (χ0v) is 14.4. The summed E-state index contributed by atoms with van der Waals surface area (Å²) in [5, 5.41) is 0. The van der Waals surface area contributed by atoms with Gasteiger partial charge in [0.25, 0.3) is 5.91 Å². The fraction of sp³-hybridized carbons (Fsp3) is 0.529. The fourth-order valence-electron chi connectivity index (χ4n) is 3.14. The van der Waals surface area contributed by atoms with E-state index in [9.17, 15) is 13.8 Å². The normalized spacial score (nSPS) is 24.1. The average Bonchev–Trinajstić information content (AvgIpc) is 2.95. The van der Waals surface area contributed by atoms with Crippen molar-refractivity contribution >= 4 is 28.3 Å². The Kier molecular flexibility index (Phi) is 4.27.